The molecule has 0 atom stereocenters. The molecule has 0 bridgehead atoms. The molecule has 0 amide bonds. The van der Waals surface area contributed by atoms with Gasteiger partial charge in [0.15, 0.2) is 0 Å². The highest BCUT2D eigenvalue weighted by Crippen LogP contribution is 2.23. The normalized spacial score (nSPS) is 11.3. The number of hydrogen-bond donors (Lipinski definition) is 1. The molecule has 0 fully saturated rings. The number of anilines is 1. The van der Waals surface area contributed by atoms with E-state index in [0.29, 0.717) is 15.9 Å². The van der Waals surface area contributed by atoms with E-state index in [0.717, 1.165) is 16.9 Å². The van der Waals surface area contributed by atoms with E-state index in [1.807, 2.05) is 6.07 Å². The Balaban J connectivity index is 1.92. The van der Waals surface area contributed by atoms with Crippen molar-refractivity contribution in [2.45, 2.75) is 11.3 Å². The zero-order chi connectivity index (χ0) is 17.3. The fourth-order valence-corrected chi connectivity index (χ4v) is 4.36. The van der Waals surface area contributed by atoms with Crippen LogP contribution in [0.25, 0.3) is 10.2 Å². The number of thiazole rings is 1. The maximum atomic E-state index is 12.5. The summed E-state index contributed by atoms with van der Waals surface area (Å²) in [5, 5.41) is 8.65. The fraction of sp³-hybridized carbons (Fsp3) is 0.125. The highest BCUT2D eigenvalue weighted by atomic mass is 32.2. The van der Waals surface area contributed by atoms with Crippen LogP contribution in [-0.2, 0) is 23.5 Å². The lowest BCUT2D eigenvalue weighted by atomic mass is 10.1. The first-order valence-corrected chi connectivity index (χ1v) is 9.29. The molecule has 24 heavy (non-hydrogen) atoms. The Hall–Kier alpha value is -2.63. The van der Waals surface area contributed by atoms with Gasteiger partial charge in [-0.3, -0.25) is 9.52 Å². The van der Waals surface area contributed by atoms with Crippen LogP contribution in [0.2, 0.25) is 0 Å². The lowest BCUT2D eigenvalue weighted by Crippen LogP contribution is -2.13. The Bertz CT molecular complexity index is 1100. The second-order valence-electron chi connectivity index (χ2n) is 5.19. The number of aromatic nitrogens is 1. The number of aryl methyl sites for hydroxylation is 1. The zero-order valence-corrected chi connectivity index (χ0v) is 14.3. The van der Waals surface area contributed by atoms with Crippen molar-refractivity contribution in [3.63, 3.8) is 0 Å². The van der Waals surface area contributed by atoms with Gasteiger partial charge in [-0.25, -0.2) is 8.42 Å². The van der Waals surface area contributed by atoms with Gasteiger partial charge < -0.3 is 4.57 Å². The monoisotopic (exact) mass is 359 g/mol. The Morgan fingerprint density at radius 2 is 1.92 bits per heavy atom. The topological polar surface area (TPSA) is 92.0 Å². The second kappa shape index (κ2) is 6.11. The molecule has 8 heteroatoms. The van der Waals surface area contributed by atoms with E-state index < -0.39 is 10.0 Å². The standard InChI is InChI=1S/C16H13N3O3S2/c1-19-14-7-6-13(10-15(14)23-16(19)20)24(21,22)18-12-4-2-11(3-5-12)8-9-17/h2-7,10,18H,8H2,1H3. The van der Waals surface area contributed by atoms with E-state index in [-0.39, 0.29) is 16.2 Å². The predicted octanol–water partition coefficient (Wildman–Crippen LogP) is 2.47. The van der Waals surface area contributed by atoms with Crippen molar-refractivity contribution in [1.29, 1.82) is 5.26 Å². The number of fused-ring (bicyclic) bond motifs is 1. The van der Waals surface area contributed by atoms with Gasteiger partial charge in [-0.1, -0.05) is 23.5 Å². The molecule has 0 aliphatic heterocycles. The molecule has 1 aromatic heterocycles. The van der Waals surface area contributed by atoms with Crippen LogP contribution in [0.3, 0.4) is 0 Å². The molecule has 1 N–H and O–H groups in total. The Morgan fingerprint density at radius 3 is 2.58 bits per heavy atom. The molecule has 3 aromatic rings. The summed E-state index contributed by atoms with van der Waals surface area (Å²) >= 11 is 1.01. The maximum absolute atomic E-state index is 12.5. The molecule has 6 nitrogen and oxygen atoms in total. The van der Waals surface area contributed by atoms with E-state index in [4.69, 9.17) is 5.26 Å². The number of nitrogens with zero attached hydrogens (tertiary/aromatic N) is 2. The highest BCUT2D eigenvalue weighted by molar-refractivity contribution is 7.92. The zero-order valence-electron chi connectivity index (χ0n) is 12.7. The van der Waals surface area contributed by atoms with Crippen LogP contribution in [0.15, 0.2) is 52.2 Å². The van der Waals surface area contributed by atoms with E-state index >= 15 is 0 Å². The molecule has 0 aliphatic carbocycles. The lowest BCUT2D eigenvalue weighted by Gasteiger charge is -2.08. The summed E-state index contributed by atoms with van der Waals surface area (Å²) in [6.07, 6.45) is 0.274. The molecule has 0 aliphatic rings. The summed E-state index contributed by atoms with van der Waals surface area (Å²) in [5.41, 5.74) is 1.93. The minimum atomic E-state index is -3.75. The first-order chi connectivity index (χ1) is 11.4. The second-order valence-corrected chi connectivity index (χ2v) is 7.87. The Morgan fingerprint density at radius 1 is 1.21 bits per heavy atom. The lowest BCUT2D eigenvalue weighted by molar-refractivity contribution is 0.601. The van der Waals surface area contributed by atoms with Crippen molar-refractivity contribution in [2.75, 3.05) is 4.72 Å². The van der Waals surface area contributed by atoms with Gasteiger partial charge in [0.2, 0.25) is 0 Å². The molecule has 3 rings (SSSR count). The van der Waals surface area contributed by atoms with Gasteiger partial charge in [0.05, 0.1) is 27.6 Å². The van der Waals surface area contributed by atoms with Crippen molar-refractivity contribution in [2.24, 2.45) is 7.05 Å². The summed E-state index contributed by atoms with van der Waals surface area (Å²) in [7, 11) is -2.10. The van der Waals surface area contributed by atoms with Crippen molar-refractivity contribution in [3.05, 3.63) is 57.7 Å². The molecule has 0 unspecified atom stereocenters. The molecule has 1 heterocycles. The largest absolute Gasteiger partial charge is 0.307 e. The smallest absolute Gasteiger partial charge is 0.302 e. The van der Waals surface area contributed by atoms with E-state index in [9.17, 15) is 13.2 Å². The van der Waals surface area contributed by atoms with E-state index in [1.165, 1.54) is 16.7 Å². The van der Waals surface area contributed by atoms with Crippen LogP contribution in [0, 0.1) is 11.3 Å². The summed E-state index contributed by atoms with van der Waals surface area (Å²) in [4.78, 5) is 11.6. The molecule has 0 radical (unpaired) electrons. The van der Waals surface area contributed by atoms with Crippen LogP contribution < -0.4 is 9.60 Å². The van der Waals surface area contributed by atoms with Crippen LogP contribution in [0.5, 0.6) is 0 Å². The maximum Gasteiger partial charge on any atom is 0.307 e. The van der Waals surface area contributed by atoms with Gasteiger partial charge in [-0.05, 0) is 35.9 Å². The quantitative estimate of drug-likeness (QED) is 0.774. The number of benzene rings is 2. The van der Waals surface area contributed by atoms with Gasteiger partial charge in [-0.15, -0.1) is 0 Å². The summed E-state index contributed by atoms with van der Waals surface area (Å²) in [6, 6.07) is 13.3. The first-order valence-electron chi connectivity index (χ1n) is 6.99. The van der Waals surface area contributed by atoms with E-state index in [2.05, 4.69) is 4.72 Å². The third-order valence-electron chi connectivity index (χ3n) is 3.56. The van der Waals surface area contributed by atoms with E-state index in [1.54, 1.807) is 37.4 Å². The van der Waals surface area contributed by atoms with Crippen LogP contribution in [0.1, 0.15) is 5.56 Å². The molecule has 0 saturated carbocycles. The fourth-order valence-electron chi connectivity index (χ4n) is 2.28. The predicted molar refractivity (Wildman–Crippen MR) is 93.6 cm³/mol. The van der Waals surface area contributed by atoms with Crippen molar-refractivity contribution in [3.8, 4) is 6.07 Å². The van der Waals surface area contributed by atoms with Gasteiger partial charge in [0, 0.05) is 12.7 Å². The van der Waals surface area contributed by atoms with Crippen LogP contribution in [-0.4, -0.2) is 13.0 Å². The number of nitriles is 1. The first kappa shape index (κ1) is 16.2. The molecular weight excluding hydrogens is 346 g/mol. The van der Waals surface area contributed by atoms with Crippen molar-refractivity contribution in [1.82, 2.24) is 4.57 Å². The molecule has 0 saturated heterocycles. The van der Waals surface area contributed by atoms with Gasteiger partial charge in [0.1, 0.15) is 0 Å². The molecule has 122 valence electrons. The minimum absolute atomic E-state index is 0.0953. The molecule has 2 aromatic carbocycles. The van der Waals surface area contributed by atoms with Crippen molar-refractivity contribution < 1.29 is 8.42 Å². The highest BCUT2D eigenvalue weighted by Gasteiger charge is 2.16. The van der Waals surface area contributed by atoms with Crippen LogP contribution in [0.4, 0.5) is 5.69 Å². The van der Waals surface area contributed by atoms with Gasteiger partial charge in [-0.2, -0.15) is 5.26 Å². The third kappa shape index (κ3) is 3.04. The third-order valence-corrected chi connectivity index (χ3v) is 5.94. The molecular formula is C16H13N3O3S2. The summed E-state index contributed by atoms with van der Waals surface area (Å²) in [5.74, 6) is 0. The number of nitrogens with one attached hydrogen (secondary N) is 1. The van der Waals surface area contributed by atoms with Gasteiger partial charge in [0.25, 0.3) is 10.0 Å². The average molecular weight is 359 g/mol. The Labute approximate surface area is 142 Å². The van der Waals surface area contributed by atoms with Crippen molar-refractivity contribution >= 4 is 37.3 Å². The average Bonchev–Trinajstić information content (AvgIpc) is 2.83. The number of sulfonamides is 1. The minimum Gasteiger partial charge on any atom is -0.302 e. The number of hydrogen-bond acceptors (Lipinski definition) is 5. The Kier molecular flexibility index (Phi) is 4.13. The summed E-state index contributed by atoms with van der Waals surface area (Å²) < 4.78 is 29.6. The van der Waals surface area contributed by atoms with Crippen LogP contribution >= 0.6 is 11.3 Å². The summed E-state index contributed by atoms with van der Waals surface area (Å²) in [6.45, 7) is 0. The number of rotatable bonds is 4. The van der Waals surface area contributed by atoms with Gasteiger partial charge >= 0.3 is 4.87 Å². The molecule has 0 spiro atoms. The SMILES string of the molecule is Cn1c(=O)sc2cc(S(=O)(=O)Nc3ccc(CC#N)cc3)ccc21.